The molecule has 0 fully saturated rings. The minimum absolute atomic E-state index is 0.234. The third kappa shape index (κ3) is 2.93. The van der Waals surface area contributed by atoms with Crippen LogP contribution in [0.3, 0.4) is 0 Å². The Morgan fingerprint density at radius 3 is 2.82 bits per heavy atom. The molecule has 2 aromatic carbocycles. The van der Waals surface area contributed by atoms with Crippen molar-refractivity contribution in [1.82, 2.24) is 14.9 Å². The zero-order chi connectivity index (χ0) is 15.7. The van der Waals surface area contributed by atoms with Gasteiger partial charge in [-0.1, -0.05) is 29.3 Å². The van der Waals surface area contributed by atoms with Crippen LogP contribution in [-0.2, 0) is 13.6 Å². The standard InChI is InChI=1S/C16H13Cl2N3O/c1-21-9-20-14-6-10(2-5-15(14)21)8-19-16(22)12-4-3-11(17)7-13(12)18/h2-7,9H,8H2,1H3,(H,19,22). The van der Waals surface area contributed by atoms with E-state index in [0.29, 0.717) is 22.2 Å². The highest BCUT2D eigenvalue weighted by Crippen LogP contribution is 2.21. The van der Waals surface area contributed by atoms with Crippen LogP contribution in [0.1, 0.15) is 15.9 Å². The zero-order valence-corrected chi connectivity index (χ0v) is 13.3. The maximum absolute atomic E-state index is 12.2. The summed E-state index contributed by atoms with van der Waals surface area (Å²) in [6.45, 7) is 0.407. The molecule has 0 atom stereocenters. The van der Waals surface area contributed by atoms with Crippen LogP contribution in [0.2, 0.25) is 10.0 Å². The first kappa shape index (κ1) is 14.9. The lowest BCUT2D eigenvalue weighted by Gasteiger charge is -2.07. The second-order valence-electron chi connectivity index (χ2n) is 4.99. The molecule has 0 unspecified atom stereocenters. The second kappa shape index (κ2) is 5.99. The average Bonchev–Trinajstić information content (AvgIpc) is 2.86. The SMILES string of the molecule is Cn1cnc2cc(CNC(=O)c3ccc(Cl)cc3Cl)ccc21. The molecule has 1 N–H and O–H groups in total. The number of rotatable bonds is 3. The Labute approximate surface area is 137 Å². The van der Waals surface area contributed by atoms with Gasteiger partial charge in [0.15, 0.2) is 0 Å². The molecule has 1 amide bonds. The molecule has 3 aromatic rings. The molecule has 0 aliphatic carbocycles. The lowest BCUT2D eigenvalue weighted by Crippen LogP contribution is -2.23. The van der Waals surface area contributed by atoms with Gasteiger partial charge in [-0.15, -0.1) is 0 Å². The molecular formula is C16H13Cl2N3O. The number of benzene rings is 2. The van der Waals surface area contributed by atoms with E-state index in [9.17, 15) is 4.79 Å². The van der Waals surface area contributed by atoms with Gasteiger partial charge in [-0.05, 0) is 35.9 Å². The van der Waals surface area contributed by atoms with E-state index in [1.54, 1.807) is 24.5 Å². The third-order valence-electron chi connectivity index (χ3n) is 3.42. The first-order valence-electron chi connectivity index (χ1n) is 6.68. The van der Waals surface area contributed by atoms with Crippen molar-refractivity contribution < 1.29 is 4.79 Å². The molecule has 1 aromatic heterocycles. The van der Waals surface area contributed by atoms with Gasteiger partial charge < -0.3 is 9.88 Å². The van der Waals surface area contributed by atoms with E-state index in [-0.39, 0.29) is 5.91 Å². The summed E-state index contributed by atoms with van der Waals surface area (Å²) in [5.41, 5.74) is 3.34. The lowest BCUT2D eigenvalue weighted by atomic mass is 10.1. The van der Waals surface area contributed by atoms with Crippen LogP contribution in [0, 0.1) is 0 Å². The Kier molecular flexibility index (Phi) is 4.05. The Balaban J connectivity index is 1.74. The molecule has 3 rings (SSSR count). The molecule has 4 nitrogen and oxygen atoms in total. The van der Waals surface area contributed by atoms with Gasteiger partial charge in [0.05, 0.1) is 27.9 Å². The molecule has 0 spiro atoms. The predicted octanol–water partition coefficient (Wildman–Crippen LogP) is 3.81. The van der Waals surface area contributed by atoms with Crippen molar-refractivity contribution in [2.45, 2.75) is 6.54 Å². The summed E-state index contributed by atoms with van der Waals surface area (Å²) in [7, 11) is 1.94. The van der Waals surface area contributed by atoms with Crippen LogP contribution in [0.5, 0.6) is 0 Å². The largest absolute Gasteiger partial charge is 0.348 e. The summed E-state index contributed by atoms with van der Waals surface area (Å²) in [6, 6.07) is 10.7. The van der Waals surface area contributed by atoms with E-state index in [2.05, 4.69) is 10.3 Å². The topological polar surface area (TPSA) is 46.9 Å². The minimum Gasteiger partial charge on any atom is -0.348 e. The number of imidazole rings is 1. The first-order valence-corrected chi connectivity index (χ1v) is 7.43. The van der Waals surface area contributed by atoms with Gasteiger partial charge in [-0.2, -0.15) is 0 Å². The fourth-order valence-electron chi connectivity index (χ4n) is 2.24. The number of fused-ring (bicyclic) bond motifs is 1. The van der Waals surface area contributed by atoms with E-state index >= 15 is 0 Å². The average molecular weight is 334 g/mol. The van der Waals surface area contributed by atoms with Crippen molar-refractivity contribution in [3.05, 3.63) is 63.9 Å². The maximum Gasteiger partial charge on any atom is 0.253 e. The van der Waals surface area contributed by atoms with E-state index in [0.717, 1.165) is 16.6 Å². The molecule has 0 saturated heterocycles. The van der Waals surface area contributed by atoms with Crippen LogP contribution in [0.4, 0.5) is 0 Å². The van der Waals surface area contributed by atoms with E-state index < -0.39 is 0 Å². The Morgan fingerprint density at radius 2 is 2.05 bits per heavy atom. The lowest BCUT2D eigenvalue weighted by molar-refractivity contribution is 0.0951. The van der Waals surface area contributed by atoms with Crippen molar-refractivity contribution in [2.24, 2.45) is 7.05 Å². The summed E-state index contributed by atoms with van der Waals surface area (Å²) in [5, 5.41) is 3.69. The molecule has 0 radical (unpaired) electrons. The monoisotopic (exact) mass is 333 g/mol. The molecule has 0 aliphatic rings. The number of amides is 1. The van der Waals surface area contributed by atoms with Crippen molar-refractivity contribution in [2.75, 3.05) is 0 Å². The first-order chi connectivity index (χ1) is 10.5. The molecule has 112 valence electrons. The molecule has 0 bridgehead atoms. The van der Waals surface area contributed by atoms with Crippen LogP contribution in [-0.4, -0.2) is 15.5 Å². The quantitative estimate of drug-likeness (QED) is 0.792. The maximum atomic E-state index is 12.2. The molecule has 0 aliphatic heterocycles. The van der Waals surface area contributed by atoms with Gasteiger partial charge >= 0.3 is 0 Å². The third-order valence-corrected chi connectivity index (χ3v) is 3.97. The van der Waals surface area contributed by atoms with Crippen molar-refractivity contribution in [1.29, 1.82) is 0 Å². The molecule has 22 heavy (non-hydrogen) atoms. The van der Waals surface area contributed by atoms with Crippen LogP contribution in [0.15, 0.2) is 42.7 Å². The molecule has 6 heteroatoms. The minimum atomic E-state index is -0.234. The Bertz CT molecular complexity index is 858. The molecular weight excluding hydrogens is 321 g/mol. The molecule has 1 heterocycles. The summed E-state index contributed by atoms with van der Waals surface area (Å²) >= 11 is 11.9. The second-order valence-corrected chi connectivity index (χ2v) is 5.83. The van der Waals surface area contributed by atoms with Gasteiger partial charge in [-0.3, -0.25) is 4.79 Å². The van der Waals surface area contributed by atoms with Crippen LogP contribution in [0.25, 0.3) is 11.0 Å². The van der Waals surface area contributed by atoms with E-state index in [1.165, 1.54) is 0 Å². The van der Waals surface area contributed by atoms with E-state index in [1.807, 2.05) is 29.8 Å². The summed E-state index contributed by atoms with van der Waals surface area (Å²) < 4.78 is 1.95. The van der Waals surface area contributed by atoms with Crippen LogP contribution >= 0.6 is 23.2 Å². The number of carbonyl (C=O) groups is 1. The number of nitrogens with one attached hydrogen (secondary N) is 1. The van der Waals surface area contributed by atoms with Gasteiger partial charge in [0.1, 0.15) is 0 Å². The highest BCUT2D eigenvalue weighted by molar-refractivity contribution is 6.36. The highest BCUT2D eigenvalue weighted by atomic mass is 35.5. The number of aromatic nitrogens is 2. The van der Waals surface area contributed by atoms with Gasteiger partial charge in [0.25, 0.3) is 5.91 Å². The number of aryl methyl sites for hydroxylation is 1. The Morgan fingerprint density at radius 1 is 1.23 bits per heavy atom. The predicted molar refractivity (Wildman–Crippen MR) is 88.3 cm³/mol. The number of halogens is 2. The van der Waals surface area contributed by atoms with Crippen molar-refractivity contribution in [3.63, 3.8) is 0 Å². The molecule has 0 saturated carbocycles. The summed E-state index contributed by atoms with van der Waals surface area (Å²) in [6.07, 6.45) is 1.76. The van der Waals surface area contributed by atoms with Crippen molar-refractivity contribution in [3.8, 4) is 0 Å². The smallest absolute Gasteiger partial charge is 0.253 e. The van der Waals surface area contributed by atoms with Gasteiger partial charge in [0.2, 0.25) is 0 Å². The fraction of sp³-hybridized carbons (Fsp3) is 0.125. The number of carbonyl (C=O) groups excluding carboxylic acids is 1. The van der Waals surface area contributed by atoms with Crippen LogP contribution < -0.4 is 5.32 Å². The normalized spacial score (nSPS) is 10.9. The fourth-order valence-corrected chi connectivity index (χ4v) is 2.74. The summed E-state index contributed by atoms with van der Waals surface area (Å²) in [4.78, 5) is 16.5. The Hall–Kier alpha value is -2.04. The zero-order valence-electron chi connectivity index (χ0n) is 11.8. The van der Waals surface area contributed by atoms with E-state index in [4.69, 9.17) is 23.2 Å². The van der Waals surface area contributed by atoms with Gasteiger partial charge in [-0.25, -0.2) is 4.98 Å². The summed E-state index contributed by atoms with van der Waals surface area (Å²) in [5.74, 6) is -0.234. The number of hydrogen-bond donors (Lipinski definition) is 1. The van der Waals surface area contributed by atoms with Crippen molar-refractivity contribution >= 4 is 40.1 Å². The van der Waals surface area contributed by atoms with Gasteiger partial charge in [0, 0.05) is 18.6 Å². The number of nitrogens with zero attached hydrogens (tertiary/aromatic N) is 2. The number of hydrogen-bond acceptors (Lipinski definition) is 2. The highest BCUT2D eigenvalue weighted by Gasteiger charge is 2.10.